The molecule has 0 N–H and O–H groups in total. The maximum atomic E-state index is 10.7. The van der Waals surface area contributed by atoms with Gasteiger partial charge in [-0.3, -0.25) is 4.79 Å². The predicted octanol–water partition coefficient (Wildman–Crippen LogP) is -1.30. The van der Waals surface area contributed by atoms with E-state index in [4.69, 9.17) is 4.74 Å². The fourth-order valence-electron chi connectivity index (χ4n) is 1.66. The molecule has 5 heteroatoms. The van der Waals surface area contributed by atoms with E-state index in [1.807, 2.05) is 18.7 Å². The van der Waals surface area contributed by atoms with Crippen molar-refractivity contribution in [1.29, 1.82) is 0 Å². The number of aryl methyl sites for hydroxylation is 1. The zero-order valence-corrected chi connectivity index (χ0v) is 12.7. The standard InChI is InChI=1S/C12H21N2O2.HI/c1-3-4-5-6-7-13-8-9-14(11-13)12(10-15)16-2;/h8-12H,3-7H2,1-2H3;1H/q+1;/p-1. The van der Waals surface area contributed by atoms with Gasteiger partial charge in [-0.05, 0) is 12.8 Å². The van der Waals surface area contributed by atoms with Crippen LogP contribution in [0.3, 0.4) is 0 Å². The molecule has 0 aliphatic heterocycles. The highest BCUT2D eigenvalue weighted by Gasteiger charge is 2.14. The lowest BCUT2D eigenvalue weighted by atomic mass is 10.2. The van der Waals surface area contributed by atoms with Gasteiger partial charge in [0, 0.05) is 7.11 Å². The topological polar surface area (TPSA) is 35.1 Å². The molecule has 17 heavy (non-hydrogen) atoms. The van der Waals surface area contributed by atoms with Crippen molar-refractivity contribution in [1.82, 2.24) is 4.57 Å². The molecule has 1 heterocycles. The zero-order chi connectivity index (χ0) is 11.8. The summed E-state index contributed by atoms with van der Waals surface area (Å²) in [5.74, 6) is 0. The monoisotopic (exact) mass is 352 g/mol. The van der Waals surface area contributed by atoms with Gasteiger partial charge in [0.05, 0.1) is 6.54 Å². The van der Waals surface area contributed by atoms with Crippen LogP contribution in [-0.2, 0) is 16.1 Å². The number of ether oxygens (including phenoxy) is 1. The third kappa shape index (κ3) is 5.63. The van der Waals surface area contributed by atoms with Crippen molar-refractivity contribution in [3.05, 3.63) is 18.7 Å². The number of halogens is 1. The molecule has 0 aliphatic rings. The van der Waals surface area contributed by atoms with E-state index >= 15 is 0 Å². The van der Waals surface area contributed by atoms with Gasteiger partial charge in [0.2, 0.25) is 6.33 Å². The summed E-state index contributed by atoms with van der Waals surface area (Å²) in [6.07, 6.45) is 11.0. The second-order valence-electron chi connectivity index (χ2n) is 3.92. The molecular formula is C12H21IN2O2. The van der Waals surface area contributed by atoms with Crippen LogP contribution in [0.15, 0.2) is 18.7 Å². The van der Waals surface area contributed by atoms with Crippen LogP contribution in [0, 0.1) is 0 Å². The molecule has 0 spiro atoms. The van der Waals surface area contributed by atoms with Crippen molar-refractivity contribution in [2.45, 2.75) is 45.4 Å². The first-order valence-corrected chi connectivity index (χ1v) is 5.86. The summed E-state index contributed by atoms with van der Waals surface area (Å²) in [6, 6.07) is 0. The Morgan fingerprint density at radius 3 is 2.76 bits per heavy atom. The summed E-state index contributed by atoms with van der Waals surface area (Å²) in [5, 5.41) is 0. The van der Waals surface area contributed by atoms with Crippen molar-refractivity contribution in [3.63, 3.8) is 0 Å². The van der Waals surface area contributed by atoms with E-state index < -0.39 is 6.23 Å². The van der Waals surface area contributed by atoms with Gasteiger partial charge in [-0.15, -0.1) is 0 Å². The van der Waals surface area contributed by atoms with Crippen LogP contribution in [-0.4, -0.2) is 18.0 Å². The van der Waals surface area contributed by atoms with Gasteiger partial charge in [-0.2, -0.15) is 0 Å². The highest BCUT2D eigenvalue weighted by molar-refractivity contribution is 5.53. The van der Waals surface area contributed by atoms with Gasteiger partial charge in [-0.25, -0.2) is 9.13 Å². The Balaban J connectivity index is 0.00000256. The first kappa shape index (κ1) is 16.6. The zero-order valence-electron chi connectivity index (χ0n) is 10.5. The fraction of sp³-hybridized carbons (Fsp3) is 0.667. The minimum Gasteiger partial charge on any atom is -1.00 e. The van der Waals surface area contributed by atoms with Gasteiger partial charge in [0.25, 0.3) is 6.23 Å². The number of methoxy groups -OCH3 is 1. The van der Waals surface area contributed by atoms with E-state index in [-0.39, 0.29) is 24.0 Å². The summed E-state index contributed by atoms with van der Waals surface area (Å²) < 4.78 is 8.88. The summed E-state index contributed by atoms with van der Waals surface area (Å²) in [5.41, 5.74) is 0. The number of unbranched alkanes of at least 4 members (excludes halogenated alkanes) is 3. The van der Waals surface area contributed by atoms with Crippen molar-refractivity contribution >= 4 is 6.29 Å². The van der Waals surface area contributed by atoms with E-state index in [0.717, 1.165) is 12.8 Å². The molecule has 1 unspecified atom stereocenters. The average Bonchev–Trinajstić information content (AvgIpc) is 2.75. The Bertz CT molecular complexity index is 315. The number of rotatable bonds is 8. The Kier molecular flexibility index (Phi) is 9.34. The lowest BCUT2D eigenvalue weighted by molar-refractivity contribution is -0.697. The normalized spacial score (nSPS) is 11.9. The summed E-state index contributed by atoms with van der Waals surface area (Å²) in [6.45, 7) is 3.21. The lowest BCUT2D eigenvalue weighted by Crippen LogP contribution is -3.00. The van der Waals surface area contributed by atoms with E-state index in [1.165, 1.54) is 32.8 Å². The van der Waals surface area contributed by atoms with E-state index in [2.05, 4.69) is 11.5 Å². The van der Waals surface area contributed by atoms with Crippen LogP contribution >= 0.6 is 0 Å². The number of aromatic nitrogens is 2. The SMILES string of the molecule is CCCCCC[n+]1ccn(C(C=O)OC)c1.[I-]. The molecule has 1 atom stereocenters. The number of nitrogens with zero attached hydrogens (tertiary/aromatic N) is 2. The Morgan fingerprint density at radius 2 is 2.18 bits per heavy atom. The molecule has 0 bridgehead atoms. The third-order valence-corrected chi connectivity index (χ3v) is 2.63. The van der Waals surface area contributed by atoms with Crippen LogP contribution in [0.1, 0.15) is 38.8 Å². The maximum Gasteiger partial charge on any atom is 0.258 e. The molecule has 4 nitrogen and oxygen atoms in total. The van der Waals surface area contributed by atoms with Crippen molar-refractivity contribution < 1.29 is 38.1 Å². The Morgan fingerprint density at radius 1 is 1.41 bits per heavy atom. The fourth-order valence-corrected chi connectivity index (χ4v) is 1.66. The number of hydrogen-bond acceptors (Lipinski definition) is 2. The van der Waals surface area contributed by atoms with E-state index in [9.17, 15) is 4.79 Å². The smallest absolute Gasteiger partial charge is 0.258 e. The molecule has 0 radical (unpaired) electrons. The number of imidazole rings is 1. The summed E-state index contributed by atoms with van der Waals surface area (Å²) in [4.78, 5) is 10.7. The van der Waals surface area contributed by atoms with Crippen molar-refractivity contribution in [2.75, 3.05) is 7.11 Å². The van der Waals surface area contributed by atoms with Gasteiger partial charge >= 0.3 is 0 Å². The van der Waals surface area contributed by atoms with Crippen LogP contribution in [0.4, 0.5) is 0 Å². The van der Waals surface area contributed by atoms with Gasteiger partial charge in [0.15, 0.2) is 6.29 Å². The first-order valence-electron chi connectivity index (χ1n) is 5.86. The van der Waals surface area contributed by atoms with Crippen LogP contribution in [0.2, 0.25) is 0 Å². The third-order valence-electron chi connectivity index (χ3n) is 2.63. The minimum absolute atomic E-state index is 0. The molecule has 0 fully saturated rings. The predicted molar refractivity (Wildman–Crippen MR) is 60.9 cm³/mol. The molecule has 1 rings (SSSR count). The Hall–Kier alpha value is -0.430. The largest absolute Gasteiger partial charge is 1.00 e. The highest BCUT2D eigenvalue weighted by atomic mass is 127. The maximum absolute atomic E-state index is 10.7. The Labute approximate surface area is 120 Å². The molecule has 0 aliphatic carbocycles. The minimum atomic E-state index is -0.503. The van der Waals surface area contributed by atoms with Crippen LogP contribution in [0.25, 0.3) is 0 Å². The first-order chi connectivity index (χ1) is 7.81. The average molecular weight is 352 g/mol. The molecule has 98 valence electrons. The number of aldehydes is 1. The number of carbonyl (C=O) groups is 1. The van der Waals surface area contributed by atoms with Crippen molar-refractivity contribution in [3.8, 4) is 0 Å². The molecule has 1 aromatic heterocycles. The quantitative estimate of drug-likeness (QED) is 0.253. The van der Waals surface area contributed by atoms with Crippen molar-refractivity contribution in [2.24, 2.45) is 0 Å². The number of hydrogen-bond donors (Lipinski definition) is 0. The molecule has 1 aromatic rings. The van der Waals surface area contributed by atoms with Gasteiger partial charge < -0.3 is 28.7 Å². The molecule has 0 saturated heterocycles. The second kappa shape index (κ2) is 9.58. The lowest BCUT2D eigenvalue weighted by Gasteiger charge is -2.02. The van der Waals surface area contributed by atoms with Crippen LogP contribution in [0.5, 0.6) is 0 Å². The summed E-state index contributed by atoms with van der Waals surface area (Å²) >= 11 is 0. The highest BCUT2D eigenvalue weighted by Crippen LogP contribution is 2.02. The number of carbonyl (C=O) groups excluding carboxylic acids is 1. The van der Waals surface area contributed by atoms with E-state index in [0.29, 0.717) is 0 Å². The van der Waals surface area contributed by atoms with Gasteiger partial charge in [-0.1, -0.05) is 19.8 Å². The molecular weight excluding hydrogens is 331 g/mol. The molecule has 0 amide bonds. The van der Waals surface area contributed by atoms with Crippen LogP contribution < -0.4 is 28.5 Å². The summed E-state index contributed by atoms with van der Waals surface area (Å²) in [7, 11) is 1.53. The van der Waals surface area contributed by atoms with Gasteiger partial charge in [0.1, 0.15) is 12.4 Å². The van der Waals surface area contributed by atoms with E-state index in [1.54, 1.807) is 4.57 Å². The molecule has 0 aromatic carbocycles. The second-order valence-corrected chi connectivity index (χ2v) is 3.92. The molecule has 0 saturated carbocycles.